The van der Waals surface area contributed by atoms with Gasteiger partial charge in [0.1, 0.15) is 18.0 Å². The molecule has 0 fully saturated rings. The molecule has 0 aromatic carbocycles. The average molecular weight is 248 g/mol. The lowest BCUT2D eigenvalue weighted by atomic mass is 9.88. The van der Waals surface area contributed by atoms with E-state index >= 15 is 0 Å². The van der Waals surface area contributed by atoms with Crippen LogP contribution in [-0.4, -0.2) is 18.0 Å². The lowest BCUT2D eigenvalue weighted by molar-refractivity contribution is 0.538. The summed E-state index contributed by atoms with van der Waals surface area (Å²) in [5.41, 5.74) is 22.9. The van der Waals surface area contributed by atoms with Gasteiger partial charge < -0.3 is 22.9 Å². The van der Waals surface area contributed by atoms with Crippen LogP contribution < -0.4 is 22.9 Å². The summed E-state index contributed by atoms with van der Waals surface area (Å²) in [6.07, 6.45) is 11.7. The second-order valence-corrected chi connectivity index (χ2v) is 4.67. The van der Waals surface area contributed by atoms with E-state index in [1.807, 2.05) is 0 Å². The summed E-state index contributed by atoms with van der Waals surface area (Å²) in [6.45, 7) is -0.628. The van der Waals surface area contributed by atoms with Gasteiger partial charge in [-0.1, -0.05) is 18.2 Å². The molecule has 8 N–H and O–H groups in total. The first-order valence-electron chi connectivity index (χ1n) is 5.58. The summed E-state index contributed by atoms with van der Waals surface area (Å²) in [5, 5.41) is 0. The van der Waals surface area contributed by atoms with Gasteiger partial charge in [-0.15, -0.1) is 0 Å². The molecule has 4 nitrogen and oxygen atoms in total. The van der Waals surface area contributed by atoms with E-state index in [0.29, 0.717) is 5.57 Å². The van der Waals surface area contributed by atoms with Gasteiger partial charge in [-0.25, -0.2) is 4.39 Å². The molecule has 0 amide bonds. The van der Waals surface area contributed by atoms with E-state index in [4.69, 9.17) is 22.9 Å². The highest BCUT2D eigenvalue weighted by atomic mass is 19.1. The summed E-state index contributed by atoms with van der Waals surface area (Å²) < 4.78 is 13.0. The first kappa shape index (κ1) is 12.9. The SMILES string of the molecule is NC1(N)C=CC(=C2C=CC(N)(N)C=C2CF)C=C1. The number of hydrogen-bond acceptors (Lipinski definition) is 4. The fraction of sp³-hybridized carbons (Fsp3) is 0.231. The summed E-state index contributed by atoms with van der Waals surface area (Å²) >= 11 is 0. The molecule has 0 unspecified atom stereocenters. The van der Waals surface area contributed by atoms with E-state index in [2.05, 4.69) is 0 Å². The molecule has 2 aliphatic carbocycles. The number of hydrogen-bond donors (Lipinski definition) is 4. The van der Waals surface area contributed by atoms with Crippen LogP contribution >= 0.6 is 0 Å². The van der Waals surface area contributed by atoms with Crippen LogP contribution in [-0.2, 0) is 0 Å². The van der Waals surface area contributed by atoms with Crippen molar-refractivity contribution < 1.29 is 4.39 Å². The fourth-order valence-electron chi connectivity index (χ4n) is 1.91. The molecule has 0 saturated carbocycles. The predicted octanol–water partition coefficient (Wildman–Crippen LogP) is 0.102. The molecule has 0 atom stereocenters. The number of rotatable bonds is 1. The average Bonchev–Trinajstić information content (AvgIpc) is 2.29. The Morgan fingerprint density at radius 2 is 1.44 bits per heavy atom. The van der Waals surface area contributed by atoms with Crippen LogP contribution in [0.3, 0.4) is 0 Å². The third-order valence-corrected chi connectivity index (χ3v) is 2.87. The Hall–Kier alpha value is -1.53. The maximum atomic E-state index is 13.0. The molecule has 0 spiro atoms. The van der Waals surface area contributed by atoms with Crippen molar-refractivity contribution in [2.45, 2.75) is 11.3 Å². The topological polar surface area (TPSA) is 104 Å². The molecule has 2 aliphatic rings. The molecule has 0 aliphatic heterocycles. The largest absolute Gasteiger partial charge is 0.307 e. The van der Waals surface area contributed by atoms with Gasteiger partial charge in [0.05, 0.1) is 0 Å². The minimum absolute atomic E-state index is 0.466. The van der Waals surface area contributed by atoms with Crippen molar-refractivity contribution >= 4 is 0 Å². The van der Waals surface area contributed by atoms with Gasteiger partial charge in [0.2, 0.25) is 0 Å². The minimum Gasteiger partial charge on any atom is -0.307 e. The molecule has 2 rings (SSSR count). The lowest BCUT2D eigenvalue weighted by Gasteiger charge is -2.25. The first-order valence-corrected chi connectivity index (χ1v) is 5.58. The van der Waals surface area contributed by atoms with Crippen molar-refractivity contribution in [2.75, 3.05) is 6.67 Å². The Morgan fingerprint density at radius 3 is 2.00 bits per heavy atom. The molecule has 0 saturated heterocycles. The zero-order chi connectivity index (χ0) is 13.4. The van der Waals surface area contributed by atoms with Gasteiger partial charge in [0.25, 0.3) is 0 Å². The van der Waals surface area contributed by atoms with E-state index in [9.17, 15) is 4.39 Å². The summed E-state index contributed by atoms with van der Waals surface area (Å²) in [5.74, 6) is 0. The zero-order valence-electron chi connectivity index (χ0n) is 9.94. The summed E-state index contributed by atoms with van der Waals surface area (Å²) in [7, 11) is 0. The highest BCUT2D eigenvalue weighted by Gasteiger charge is 2.22. The molecular weight excluding hydrogens is 231 g/mol. The van der Waals surface area contributed by atoms with Crippen molar-refractivity contribution in [3.8, 4) is 0 Å². The van der Waals surface area contributed by atoms with Crippen LogP contribution in [0.4, 0.5) is 4.39 Å². The maximum absolute atomic E-state index is 13.0. The monoisotopic (exact) mass is 248 g/mol. The third kappa shape index (κ3) is 2.65. The zero-order valence-corrected chi connectivity index (χ0v) is 9.94. The van der Waals surface area contributed by atoms with E-state index in [1.54, 1.807) is 36.5 Å². The first-order chi connectivity index (χ1) is 8.33. The van der Waals surface area contributed by atoms with Crippen molar-refractivity contribution in [3.63, 3.8) is 0 Å². The summed E-state index contributed by atoms with van der Waals surface area (Å²) in [6, 6.07) is 0. The normalized spacial score (nSPS) is 24.4. The predicted molar refractivity (Wildman–Crippen MR) is 70.7 cm³/mol. The number of halogens is 1. The minimum atomic E-state index is -1.10. The van der Waals surface area contributed by atoms with Gasteiger partial charge in [0, 0.05) is 0 Å². The van der Waals surface area contributed by atoms with Crippen LogP contribution in [0.2, 0.25) is 0 Å². The van der Waals surface area contributed by atoms with Crippen LogP contribution in [0.1, 0.15) is 0 Å². The molecule has 0 aromatic rings. The van der Waals surface area contributed by atoms with Crippen LogP contribution in [0.5, 0.6) is 0 Å². The second-order valence-electron chi connectivity index (χ2n) is 4.67. The smallest absolute Gasteiger partial charge is 0.115 e. The maximum Gasteiger partial charge on any atom is 0.115 e. The second kappa shape index (κ2) is 4.29. The summed E-state index contributed by atoms with van der Waals surface area (Å²) in [4.78, 5) is 0. The fourth-order valence-corrected chi connectivity index (χ4v) is 1.91. The Balaban J connectivity index is 2.41. The van der Waals surface area contributed by atoms with E-state index in [-0.39, 0.29) is 0 Å². The quantitative estimate of drug-likeness (QED) is 0.494. The van der Waals surface area contributed by atoms with Gasteiger partial charge in [-0.05, 0) is 41.0 Å². The van der Waals surface area contributed by atoms with Crippen molar-refractivity contribution in [1.82, 2.24) is 0 Å². The highest BCUT2D eigenvalue weighted by Crippen LogP contribution is 2.27. The standard InChI is InChI=1S/C13H17FN4/c14-8-10-7-13(17,18)6-3-11(10)9-1-4-12(15,16)5-2-9/h1-7H,8,15-18H2. The van der Waals surface area contributed by atoms with Gasteiger partial charge in [-0.2, -0.15) is 0 Å². The molecule has 0 heterocycles. The Morgan fingerprint density at radius 1 is 0.889 bits per heavy atom. The highest BCUT2D eigenvalue weighted by molar-refractivity contribution is 5.57. The number of nitrogens with two attached hydrogens (primary N) is 4. The lowest BCUT2D eigenvalue weighted by Crippen LogP contribution is -2.47. The van der Waals surface area contributed by atoms with E-state index < -0.39 is 18.0 Å². The van der Waals surface area contributed by atoms with Crippen molar-refractivity contribution in [3.05, 3.63) is 59.3 Å². The van der Waals surface area contributed by atoms with Crippen LogP contribution in [0, 0.1) is 0 Å². The third-order valence-electron chi connectivity index (χ3n) is 2.87. The van der Waals surface area contributed by atoms with E-state index in [1.165, 1.54) is 6.08 Å². The molecule has 0 bridgehead atoms. The van der Waals surface area contributed by atoms with Gasteiger partial charge in [-0.3, -0.25) is 0 Å². The van der Waals surface area contributed by atoms with Gasteiger partial charge >= 0.3 is 0 Å². The molecule has 18 heavy (non-hydrogen) atoms. The Kier molecular flexibility index (Phi) is 3.08. The van der Waals surface area contributed by atoms with Crippen LogP contribution in [0.15, 0.2) is 59.3 Å². The molecule has 5 heteroatoms. The van der Waals surface area contributed by atoms with Crippen molar-refractivity contribution in [2.24, 2.45) is 22.9 Å². The Bertz CT molecular complexity index is 489. The molecule has 96 valence electrons. The van der Waals surface area contributed by atoms with E-state index in [0.717, 1.165) is 11.1 Å². The molecular formula is C13H17FN4. The molecule has 0 radical (unpaired) electrons. The molecule has 0 aromatic heterocycles. The van der Waals surface area contributed by atoms with Gasteiger partial charge in [0.15, 0.2) is 0 Å². The number of alkyl halides is 1. The Labute approximate surface area is 105 Å². The number of allylic oxidation sites excluding steroid dienone is 6. The van der Waals surface area contributed by atoms with Crippen LogP contribution in [0.25, 0.3) is 0 Å². The van der Waals surface area contributed by atoms with Crippen molar-refractivity contribution in [1.29, 1.82) is 0 Å².